The monoisotopic (exact) mass is 330 g/mol. The van der Waals surface area contributed by atoms with Gasteiger partial charge in [-0.25, -0.2) is 0 Å². The second-order valence-electron chi connectivity index (χ2n) is 7.64. The summed E-state index contributed by atoms with van der Waals surface area (Å²) < 4.78 is 5.35. The van der Waals surface area contributed by atoms with Crippen molar-refractivity contribution in [1.29, 1.82) is 0 Å². The normalized spacial score (nSPS) is 23.3. The summed E-state index contributed by atoms with van der Waals surface area (Å²) in [5.74, 6) is 0.932. The van der Waals surface area contributed by atoms with Crippen LogP contribution in [0.5, 0.6) is 0 Å². The van der Waals surface area contributed by atoms with Gasteiger partial charge < -0.3 is 9.64 Å². The zero-order chi connectivity index (χ0) is 17.2. The van der Waals surface area contributed by atoms with Crippen LogP contribution in [0.15, 0.2) is 24.3 Å². The maximum absolute atomic E-state index is 12.5. The Kier molecular flexibility index (Phi) is 5.26. The fourth-order valence-electron chi connectivity index (χ4n) is 4.29. The molecular formula is C20H30N2O2. The van der Waals surface area contributed by atoms with Crippen LogP contribution in [0.3, 0.4) is 0 Å². The average molecular weight is 330 g/mol. The predicted molar refractivity (Wildman–Crippen MR) is 96.0 cm³/mol. The molecule has 2 heterocycles. The highest BCUT2D eigenvalue weighted by Gasteiger charge is 2.50. The number of rotatable bonds is 5. The summed E-state index contributed by atoms with van der Waals surface area (Å²) in [6, 6.07) is 8.35. The lowest BCUT2D eigenvalue weighted by Gasteiger charge is -2.58. The van der Waals surface area contributed by atoms with Crippen molar-refractivity contribution in [2.24, 2.45) is 5.92 Å². The molecule has 2 aliphatic rings. The fraction of sp³-hybridized carbons (Fsp3) is 0.650. The van der Waals surface area contributed by atoms with Crippen LogP contribution < -0.4 is 0 Å². The van der Waals surface area contributed by atoms with Gasteiger partial charge in [0.15, 0.2) is 0 Å². The molecule has 24 heavy (non-hydrogen) atoms. The molecular weight excluding hydrogens is 300 g/mol. The number of benzene rings is 1. The van der Waals surface area contributed by atoms with Crippen LogP contribution in [-0.2, 0) is 16.0 Å². The van der Waals surface area contributed by atoms with Crippen LogP contribution in [0.2, 0.25) is 0 Å². The molecule has 1 amide bonds. The number of likely N-dealkylation sites (tertiary alicyclic amines) is 2. The number of likely N-dealkylation sites (N-methyl/N-ethyl adjacent to an activating group) is 1. The van der Waals surface area contributed by atoms with Crippen molar-refractivity contribution in [2.45, 2.75) is 38.1 Å². The van der Waals surface area contributed by atoms with E-state index in [1.165, 1.54) is 17.5 Å². The predicted octanol–water partition coefficient (Wildman–Crippen LogP) is 2.50. The number of hydrogen-bond acceptors (Lipinski definition) is 3. The first-order valence-electron chi connectivity index (χ1n) is 9.06. The molecule has 132 valence electrons. The Labute approximate surface area is 145 Å². The zero-order valence-electron chi connectivity index (χ0n) is 15.3. The minimum absolute atomic E-state index is 0.194. The van der Waals surface area contributed by atoms with Crippen molar-refractivity contribution in [3.63, 3.8) is 0 Å². The zero-order valence-corrected chi connectivity index (χ0v) is 15.3. The first kappa shape index (κ1) is 17.4. The molecule has 0 radical (unpaired) electrons. The van der Waals surface area contributed by atoms with Crippen LogP contribution in [0.4, 0.5) is 0 Å². The van der Waals surface area contributed by atoms with E-state index < -0.39 is 0 Å². The summed E-state index contributed by atoms with van der Waals surface area (Å²) in [6.07, 6.45) is 3.82. The van der Waals surface area contributed by atoms with Gasteiger partial charge in [0.25, 0.3) is 0 Å². The van der Waals surface area contributed by atoms with Crippen LogP contribution in [0, 0.1) is 12.8 Å². The quantitative estimate of drug-likeness (QED) is 0.831. The third kappa shape index (κ3) is 3.50. The van der Waals surface area contributed by atoms with Crippen molar-refractivity contribution in [2.75, 3.05) is 40.4 Å². The number of methoxy groups -OCH3 is 1. The molecule has 2 aliphatic heterocycles. The molecule has 2 fully saturated rings. The van der Waals surface area contributed by atoms with Gasteiger partial charge in [0.05, 0.1) is 5.54 Å². The second-order valence-corrected chi connectivity index (χ2v) is 7.64. The van der Waals surface area contributed by atoms with Gasteiger partial charge in [-0.15, -0.1) is 0 Å². The standard InChI is InChI=1S/C20H30N2O2/c1-16-6-4-5-7-18(16)8-9-19(23)22-14-20(15-22)12-17(13-24-3)10-11-21(20)2/h4-7,17H,8-15H2,1-3H3/t17-/m0/s1. The summed E-state index contributed by atoms with van der Waals surface area (Å²) >= 11 is 0. The number of hydrogen-bond donors (Lipinski definition) is 0. The number of amides is 1. The SMILES string of the molecule is COC[C@H]1CCN(C)C2(C1)CN(C(=O)CCc1ccccc1C)C2. The van der Waals surface area contributed by atoms with E-state index in [1.54, 1.807) is 7.11 Å². The van der Waals surface area contributed by atoms with E-state index in [0.29, 0.717) is 18.2 Å². The van der Waals surface area contributed by atoms with Crippen LogP contribution in [0.1, 0.15) is 30.4 Å². The van der Waals surface area contributed by atoms with Crippen LogP contribution in [0.25, 0.3) is 0 Å². The summed E-state index contributed by atoms with van der Waals surface area (Å²) in [6.45, 7) is 5.84. The Morgan fingerprint density at radius 2 is 2.08 bits per heavy atom. The third-order valence-electron chi connectivity index (χ3n) is 5.95. The summed E-state index contributed by atoms with van der Waals surface area (Å²) in [5.41, 5.74) is 2.76. The van der Waals surface area contributed by atoms with Gasteiger partial charge in [0.2, 0.25) is 5.91 Å². The highest BCUT2D eigenvalue weighted by atomic mass is 16.5. The Hall–Kier alpha value is -1.39. The highest BCUT2D eigenvalue weighted by molar-refractivity contribution is 5.77. The van der Waals surface area contributed by atoms with Gasteiger partial charge in [-0.05, 0) is 56.8 Å². The van der Waals surface area contributed by atoms with E-state index in [9.17, 15) is 4.79 Å². The van der Waals surface area contributed by atoms with E-state index in [2.05, 4.69) is 43.1 Å². The molecule has 0 saturated carbocycles. The molecule has 0 N–H and O–H groups in total. The maximum atomic E-state index is 12.5. The highest BCUT2D eigenvalue weighted by Crippen LogP contribution is 2.38. The molecule has 0 bridgehead atoms. The molecule has 0 aliphatic carbocycles. The number of carbonyl (C=O) groups is 1. The van der Waals surface area contributed by atoms with E-state index in [0.717, 1.165) is 39.1 Å². The lowest BCUT2D eigenvalue weighted by atomic mass is 9.75. The molecule has 1 aromatic rings. The minimum atomic E-state index is 0.194. The third-order valence-corrected chi connectivity index (χ3v) is 5.95. The van der Waals surface area contributed by atoms with E-state index in [1.807, 2.05) is 4.90 Å². The van der Waals surface area contributed by atoms with Crippen molar-refractivity contribution in [3.05, 3.63) is 35.4 Å². The summed E-state index contributed by atoms with van der Waals surface area (Å²) in [5, 5.41) is 0. The van der Waals surface area contributed by atoms with Gasteiger partial charge in [-0.1, -0.05) is 24.3 Å². The Balaban J connectivity index is 1.51. The fourth-order valence-corrected chi connectivity index (χ4v) is 4.29. The molecule has 0 unspecified atom stereocenters. The maximum Gasteiger partial charge on any atom is 0.223 e. The van der Waals surface area contributed by atoms with E-state index in [4.69, 9.17) is 4.74 Å². The summed E-state index contributed by atoms with van der Waals surface area (Å²) in [4.78, 5) is 17.0. The molecule has 4 nitrogen and oxygen atoms in total. The first-order chi connectivity index (χ1) is 11.5. The number of ether oxygens (including phenoxy) is 1. The van der Waals surface area contributed by atoms with E-state index >= 15 is 0 Å². The molecule has 3 rings (SSSR count). The summed E-state index contributed by atoms with van der Waals surface area (Å²) in [7, 11) is 3.99. The van der Waals surface area contributed by atoms with Crippen molar-refractivity contribution in [1.82, 2.24) is 9.80 Å². The topological polar surface area (TPSA) is 32.8 Å². The van der Waals surface area contributed by atoms with Crippen LogP contribution in [-0.4, -0.2) is 61.6 Å². The molecule has 1 aromatic carbocycles. The lowest BCUT2D eigenvalue weighted by Crippen LogP contribution is -2.72. The Morgan fingerprint density at radius 3 is 2.79 bits per heavy atom. The van der Waals surface area contributed by atoms with Crippen molar-refractivity contribution >= 4 is 5.91 Å². The second kappa shape index (κ2) is 7.24. The van der Waals surface area contributed by atoms with Gasteiger partial charge in [-0.2, -0.15) is 0 Å². The minimum Gasteiger partial charge on any atom is -0.384 e. The van der Waals surface area contributed by atoms with Gasteiger partial charge in [0.1, 0.15) is 0 Å². The smallest absolute Gasteiger partial charge is 0.223 e. The first-order valence-corrected chi connectivity index (χ1v) is 9.06. The molecule has 2 saturated heterocycles. The van der Waals surface area contributed by atoms with Gasteiger partial charge >= 0.3 is 0 Å². The van der Waals surface area contributed by atoms with Crippen LogP contribution >= 0.6 is 0 Å². The van der Waals surface area contributed by atoms with Crippen molar-refractivity contribution < 1.29 is 9.53 Å². The van der Waals surface area contributed by atoms with Gasteiger partial charge in [0, 0.05) is 33.2 Å². The average Bonchev–Trinajstić information content (AvgIpc) is 2.54. The number of aryl methyl sites for hydroxylation is 2. The molecule has 4 heteroatoms. The number of nitrogens with zero attached hydrogens (tertiary/aromatic N) is 2. The Bertz CT molecular complexity index is 581. The lowest BCUT2D eigenvalue weighted by molar-refractivity contribution is -0.150. The molecule has 0 aromatic heterocycles. The van der Waals surface area contributed by atoms with E-state index in [-0.39, 0.29) is 5.54 Å². The van der Waals surface area contributed by atoms with Crippen molar-refractivity contribution in [3.8, 4) is 0 Å². The molecule has 1 atom stereocenters. The number of piperidine rings is 1. The number of carbonyl (C=O) groups excluding carboxylic acids is 1. The molecule has 1 spiro atoms. The van der Waals surface area contributed by atoms with Gasteiger partial charge in [-0.3, -0.25) is 9.69 Å². The Morgan fingerprint density at radius 1 is 1.33 bits per heavy atom. The largest absolute Gasteiger partial charge is 0.384 e.